The molecule has 0 bridgehead atoms. The van der Waals surface area contributed by atoms with Crippen LogP contribution in [-0.2, 0) is 0 Å². The van der Waals surface area contributed by atoms with Crippen LogP contribution in [0.5, 0.6) is 0 Å². The SMILES string of the molecule is CC1(/C(=N/O)c2ccccc2Cl)SCCCS1. The van der Waals surface area contributed by atoms with E-state index in [1.54, 1.807) is 0 Å². The first-order valence-corrected chi connectivity index (χ1v) is 7.77. The van der Waals surface area contributed by atoms with Gasteiger partial charge in [-0.15, -0.1) is 23.5 Å². The van der Waals surface area contributed by atoms with Crippen molar-refractivity contribution in [3.05, 3.63) is 34.9 Å². The molecule has 92 valence electrons. The van der Waals surface area contributed by atoms with E-state index in [-0.39, 0.29) is 4.08 Å². The summed E-state index contributed by atoms with van der Waals surface area (Å²) in [7, 11) is 0. The van der Waals surface area contributed by atoms with E-state index in [0.717, 1.165) is 17.1 Å². The van der Waals surface area contributed by atoms with Crippen LogP contribution in [0.1, 0.15) is 18.9 Å². The Morgan fingerprint density at radius 2 is 2.00 bits per heavy atom. The molecule has 1 aromatic carbocycles. The van der Waals surface area contributed by atoms with Gasteiger partial charge in [0.2, 0.25) is 0 Å². The molecule has 2 nitrogen and oxygen atoms in total. The van der Waals surface area contributed by atoms with Gasteiger partial charge in [0.15, 0.2) is 0 Å². The van der Waals surface area contributed by atoms with Crippen molar-refractivity contribution in [2.75, 3.05) is 11.5 Å². The third-order valence-electron chi connectivity index (χ3n) is 2.70. The fourth-order valence-corrected chi connectivity index (χ4v) is 4.99. The van der Waals surface area contributed by atoms with E-state index >= 15 is 0 Å². The zero-order valence-corrected chi connectivity index (χ0v) is 11.9. The van der Waals surface area contributed by atoms with E-state index < -0.39 is 0 Å². The predicted octanol–water partition coefficient (Wildman–Crippen LogP) is 4.10. The highest BCUT2D eigenvalue weighted by Gasteiger charge is 2.36. The highest BCUT2D eigenvalue weighted by Crippen LogP contribution is 2.45. The van der Waals surface area contributed by atoms with Crippen LogP contribution >= 0.6 is 35.1 Å². The van der Waals surface area contributed by atoms with Crippen molar-refractivity contribution >= 4 is 40.8 Å². The third kappa shape index (κ3) is 2.75. The summed E-state index contributed by atoms with van der Waals surface area (Å²) in [5.41, 5.74) is 1.49. The summed E-state index contributed by atoms with van der Waals surface area (Å²) in [5.74, 6) is 2.18. The molecule has 1 N–H and O–H groups in total. The molecule has 1 saturated heterocycles. The van der Waals surface area contributed by atoms with E-state index in [4.69, 9.17) is 11.6 Å². The minimum atomic E-state index is -0.210. The predicted molar refractivity (Wildman–Crippen MR) is 77.7 cm³/mol. The fourth-order valence-electron chi connectivity index (χ4n) is 1.81. The van der Waals surface area contributed by atoms with Crippen LogP contribution < -0.4 is 0 Å². The molecular weight excluding hydrogens is 274 g/mol. The van der Waals surface area contributed by atoms with Gasteiger partial charge in [-0.25, -0.2) is 0 Å². The molecule has 0 amide bonds. The molecule has 0 saturated carbocycles. The second kappa shape index (κ2) is 5.55. The highest BCUT2D eigenvalue weighted by atomic mass is 35.5. The molecule has 0 unspecified atom stereocenters. The Morgan fingerprint density at radius 3 is 2.59 bits per heavy atom. The Morgan fingerprint density at radius 1 is 1.35 bits per heavy atom. The zero-order chi connectivity index (χ0) is 12.3. The lowest BCUT2D eigenvalue weighted by atomic mass is 10.1. The van der Waals surface area contributed by atoms with Gasteiger partial charge >= 0.3 is 0 Å². The molecule has 5 heteroatoms. The first-order chi connectivity index (χ1) is 8.17. The monoisotopic (exact) mass is 287 g/mol. The van der Waals surface area contributed by atoms with E-state index in [0.29, 0.717) is 10.7 Å². The first kappa shape index (κ1) is 13.1. The summed E-state index contributed by atoms with van der Waals surface area (Å²) in [6, 6.07) is 7.51. The molecular formula is C12H14ClNOS2. The largest absolute Gasteiger partial charge is 0.411 e. The van der Waals surface area contributed by atoms with E-state index in [9.17, 15) is 5.21 Å². The first-order valence-electron chi connectivity index (χ1n) is 5.43. The molecule has 0 radical (unpaired) electrons. The van der Waals surface area contributed by atoms with Crippen molar-refractivity contribution in [3.8, 4) is 0 Å². The summed E-state index contributed by atoms with van der Waals surface area (Å²) in [6.07, 6.45) is 1.20. The van der Waals surface area contributed by atoms with Gasteiger partial charge in [-0.05, 0) is 30.9 Å². The smallest absolute Gasteiger partial charge is 0.114 e. The number of thioether (sulfide) groups is 2. The second-order valence-electron chi connectivity index (χ2n) is 3.92. The lowest BCUT2D eigenvalue weighted by Gasteiger charge is -2.33. The van der Waals surface area contributed by atoms with Gasteiger partial charge in [0.1, 0.15) is 9.79 Å². The van der Waals surface area contributed by atoms with Gasteiger partial charge in [-0.3, -0.25) is 0 Å². The van der Waals surface area contributed by atoms with Gasteiger partial charge in [0.05, 0.1) is 0 Å². The molecule has 0 aliphatic carbocycles. The summed E-state index contributed by atoms with van der Waals surface area (Å²) >= 11 is 9.80. The molecule has 1 aliphatic heterocycles. The van der Waals surface area contributed by atoms with Gasteiger partial charge in [0, 0.05) is 10.6 Å². The molecule has 1 heterocycles. The highest BCUT2D eigenvalue weighted by molar-refractivity contribution is 8.19. The van der Waals surface area contributed by atoms with Gasteiger partial charge in [-0.2, -0.15) is 0 Å². The van der Waals surface area contributed by atoms with E-state index in [2.05, 4.69) is 12.1 Å². The zero-order valence-electron chi connectivity index (χ0n) is 9.52. The van der Waals surface area contributed by atoms with Crippen LogP contribution in [0.4, 0.5) is 0 Å². The summed E-state index contributed by atoms with van der Waals surface area (Å²) in [6.45, 7) is 2.10. The Labute approximate surface area is 115 Å². The lowest BCUT2D eigenvalue weighted by Crippen LogP contribution is -2.32. The normalized spacial score (nSPS) is 20.2. The standard InChI is InChI=1S/C12H14ClNOS2/c1-12(16-7-4-8-17-12)11(14-15)9-5-2-3-6-10(9)13/h2-3,5-6,15H,4,7-8H2,1H3/b14-11+. The maximum absolute atomic E-state index is 9.32. The van der Waals surface area contributed by atoms with Crippen LogP contribution in [0.25, 0.3) is 0 Å². The quantitative estimate of drug-likeness (QED) is 0.505. The van der Waals surface area contributed by atoms with Gasteiger partial charge in [-0.1, -0.05) is 35.0 Å². The average molecular weight is 288 g/mol. The van der Waals surface area contributed by atoms with Crippen LogP contribution in [0, 0.1) is 0 Å². The molecule has 1 aromatic rings. The third-order valence-corrected chi connectivity index (χ3v) is 6.21. The van der Waals surface area contributed by atoms with Crippen molar-refractivity contribution < 1.29 is 5.21 Å². The minimum absolute atomic E-state index is 0.210. The molecule has 0 aromatic heterocycles. The molecule has 17 heavy (non-hydrogen) atoms. The minimum Gasteiger partial charge on any atom is -0.411 e. The number of hydrogen-bond acceptors (Lipinski definition) is 4. The van der Waals surface area contributed by atoms with Gasteiger partial charge in [0.25, 0.3) is 0 Å². The Balaban J connectivity index is 2.37. The van der Waals surface area contributed by atoms with Crippen molar-refractivity contribution in [3.63, 3.8) is 0 Å². The van der Waals surface area contributed by atoms with E-state index in [1.165, 1.54) is 6.42 Å². The van der Waals surface area contributed by atoms with Gasteiger partial charge < -0.3 is 5.21 Å². The Kier molecular flexibility index (Phi) is 4.28. The maximum atomic E-state index is 9.32. The maximum Gasteiger partial charge on any atom is 0.114 e. The summed E-state index contributed by atoms with van der Waals surface area (Å²) < 4.78 is -0.210. The summed E-state index contributed by atoms with van der Waals surface area (Å²) in [4.78, 5) is 0. The molecule has 2 rings (SSSR count). The Bertz CT molecular complexity index is 430. The Hall–Kier alpha value is -0.320. The average Bonchev–Trinajstić information content (AvgIpc) is 2.33. The van der Waals surface area contributed by atoms with Crippen molar-refractivity contribution in [1.82, 2.24) is 0 Å². The number of halogens is 1. The molecule has 1 aliphatic rings. The van der Waals surface area contributed by atoms with Crippen molar-refractivity contribution in [2.24, 2.45) is 5.16 Å². The van der Waals surface area contributed by atoms with Crippen LogP contribution in [0.15, 0.2) is 29.4 Å². The molecule has 1 fully saturated rings. The second-order valence-corrected chi connectivity index (χ2v) is 7.62. The van der Waals surface area contributed by atoms with Crippen LogP contribution in [-0.4, -0.2) is 26.5 Å². The molecule has 0 spiro atoms. The lowest BCUT2D eigenvalue weighted by molar-refractivity contribution is 0.318. The summed E-state index contributed by atoms with van der Waals surface area (Å²) in [5, 5.41) is 13.5. The van der Waals surface area contributed by atoms with Crippen LogP contribution in [0.2, 0.25) is 5.02 Å². The topological polar surface area (TPSA) is 32.6 Å². The van der Waals surface area contributed by atoms with E-state index in [1.807, 2.05) is 47.8 Å². The number of benzene rings is 1. The fraction of sp³-hybridized carbons (Fsp3) is 0.417. The number of oxime groups is 1. The number of nitrogens with zero attached hydrogens (tertiary/aromatic N) is 1. The van der Waals surface area contributed by atoms with Crippen molar-refractivity contribution in [1.29, 1.82) is 0 Å². The van der Waals surface area contributed by atoms with Crippen LogP contribution in [0.3, 0.4) is 0 Å². The number of rotatable bonds is 2. The number of hydrogen-bond donors (Lipinski definition) is 1. The molecule has 0 atom stereocenters. The van der Waals surface area contributed by atoms with Crippen molar-refractivity contribution in [2.45, 2.75) is 17.4 Å².